The lowest BCUT2D eigenvalue weighted by Gasteiger charge is -2.08. The Hall–Kier alpha value is -1.22. The zero-order valence-electron chi connectivity index (χ0n) is 13.7. The van der Waals surface area contributed by atoms with Gasteiger partial charge in [0, 0.05) is 6.54 Å². The molecular weight excluding hydrogens is 262 g/mol. The monoisotopic (exact) mass is 293 g/mol. The highest BCUT2D eigenvalue weighted by molar-refractivity contribution is 5.41. The lowest BCUT2D eigenvalue weighted by Crippen LogP contribution is -2.14. The van der Waals surface area contributed by atoms with E-state index in [4.69, 9.17) is 4.74 Å². The molecule has 1 aromatic carbocycles. The largest absolute Gasteiger partial charge is 0.504 e. The van der Waals surface area contributed by atoms with E-state index in [1.54, 1.807) is 13.2 Å². The molecule has 21 heavy (non-hydrogen) atoms. The zero-order chi connectivity index (χ0) is 15.3. The molecule has 1 rings (SSSR count). The standard InChI is InChI=1S/C18H31NO2/c1-3-4-5-6-7-8-9-10-13-19-15-16-11-12-18(21-2)17(20)14-16/h11-12,14,19-20H,3-10,13,15H2,1-2H3. The minimum atomic E-state index is 0.212. The molecule has 120 valence electrons. The fraction of sp³-hybridized carbons (Fsp3) is 0.667. The molecule has 0 saturated heterocycles. The van der Waals surface area contributed by atoms with Gasteiger partial charge in [-0.2, -0.15) is 0 Å². The van der Waals surface area contributed by atoms with Crippen LogP contribution in [0.3, 0.4) is 0 Å². The Kier molecular flexibility index (Phi) is 9.71. The summed E-state index contributed by atoms with van der Waals surface area (Å²) in [7, 11) is 1.56. The van der Waals surface area contributed by atoms with Crippen molar-refractivity contribution in [2.45, 2.75) is 64.8 Å². The first-order valence-corrected chi connectivity index (χ1v) is 8.34. The molecule has 0 spiro atoms. The summed E-state index contributed by atoms with van der Waals surface area (Å²) in [5.74, 6) is 0.741. The van der Waals surface area contributed by atoms with Crippen LogP contribution in [0.15, 0.2) is 18.2 Å². The van der Waals surface area contributed by atoms with E-state index in [9.17, 15) is 5.11 Å². The highest BCUT2D eigenvalue weighted by Gasteiger charge is 2.01. The molecule has 0 aliphatic rings. The van der Waals surface area contributed by atoms with Crippen LogP contribution in [-0.4, -0.2) is 18.8 Å². The van der Waals surface area contributed by atoms with Crippen molar-refractivity contribution in [1.82, 2.24) is 5.32 Å². The minimum Gasteiger partial charge on any atom is -0.504 e. The summed E-state index contributed by atoms with van der Waals surface area (Å²) in [6.07, 6.45) is 10.8. The Morgan fingerprint density at radius 3 is 2.29 bits per heavy atom. The third kappa shape index (κ3) is 7.96. The Morgan fingerprint density at radius 2 is 1.67 bits per heavy atom. The predicted molar refractivity (Wildman–Crippen MR) is 89.0 cm³/mol. The van der Waals surface area contributed by atoms with Gasteiger partial charge in [-0.3, -0.25) is 0 Å². The molecule has 0 bridgehead atoms. The summed E-state index contributed by atoms with van der Waals surface area (Å²) < 4.78 is 5.03. The Bertz CT molecular complexity index is 379. The number of ether oxygens (including phenoxy) is 1. The molecule has 0 aromatic heterocycles. The highest BCUT2D eigenvalue weighted by atomic mass is 16.5. The molecule has 0 amide bonds. The summed E-state index contributed by atoms with van der Waals surface area (Å²) in [6, 6.07) is 5.56. The van der Waals surface area contributed by atoms with Crippen molar-refractivity contribution in [3.63, 3.8) is 0 Å². The number of unbranched alkanes of at least 4 members (excludes halogenated alkanes) is 7. The fourth-order valence-corrected chi connectivity index (χ4v) is 2.46. The number of hydrogen-bond donors (Lipinski definition) is 2. The van der Waals surface area contributed by atoms with E-state index in [0.29, 0.717) is 5.75 Å². The van der Waals surface area contributed by atoms with Crippen LogP contribution in [0.4, 0.5) is 0 Å². The maximum Gasteiger partial charge on any atom is 0.160 e. The van der Waals surface area contributed by atoms with E-state index in [1.165, 1.54) is 51.4 Å². The predicted octanol–water partition coefficient (Wildman–Crippen LogP) is 4.63. The van der Waals surface area contributed by atoms with Gasteiger partial charge in [0.25, 0.3) is 0 Å². The Labute approximate surface area is 129 Å². The molecular formula is C18H31NO2. The van der Waals surface area contributed by atoms with Gasteiger partial charge in [0.15, 0.2) is 11.5 Å². The van der Waals surface area contributed by atoms with Crippen molar-refractivity contribution in [2.24, 2.45) is 0 Å². The first-order valence-electron chi connectivity index (χ1n) is 8.34. The fourth-order valence-electron chi connectivity index (χ4n) is 2.46. The molecule has 3 heteroatoms. The van der Waals surface area contributed by atoms with E-state index in [1.807, 2.05) is 12.1 Å². The molecule has 0 aliphatic heterocycles. The first kappa shape index (κ1) is 17.8. The number of phenolic OH excluding ortho intramolecular Hbond substituents is 1. The second-order valence-corrected chi connectivity index (χ2v) is 5.66. The average molecular weight is 293 g/mol. The molecule has 2 N–H and O–H groups in total. The van der Waals surface area contributed by atoms with E-state index < -0.39 is 0 Å². The molecule has 0 fully saturated rings. The van der Waals surface area contributed by atoms with Crippen LogP contribution in [0.5, 0.6) is 11.5 Å². The molecule has 0 atom stereocenters. The van der Waals surface area contributed by atoms with Crippen molar-refractivity contribution in [2.75, 3.05) is 13.7 Å². The van der Waals surface area contributed by atoms with Gasteiger partial charge >= 0.3 is 0 Å². The van der Waals surface area contributed by atoms with Gasteiger partial charge in [-0.05, 0) is 30.7 Å². The molecule has 0 saturated carbocycles. The van der Waals surface area contributed by atoms with Crippen LogP contribution in [0.2, 0.25) is 0 Å². The van der Waals surface area contributed by atoms with Crippen LogP contribution < -0.4 is 10.1 Å². The van der Waals surface area contributed by atoms with Gasteiger partial charge < -0.3 is 15.2 Å². The topological polar surface area (TPSA) is 41.5 Å². The third-order valence-electron chi connectivity index (χ3n) is 3.78. The number of nitrogens with one attached hydrogen (secondary N) is 1. The average Bonchev–Trinajstić information content (AvgIpc) is 2.49. The SMILES string of the molecule is CCCCCCCCCCNCc1ccc(OC)c(O)c1. The maximum atomic E-state index is 9.70. The minimum absolute atomic E-state index is 0.212. The number of benzene rings is 1. The van der Waals surface area contributed by atoms with Gasteiger partial charge in [-0.1, -0.05) is 57.9 Å². The smallest absolute Gasteiger partial charge is 0.160 e. The second-order valence-electron chi connectivity index (χ2n) is 5.66. The summed E-state index contributed by atoms with van der Waals surface area (Å²) in [6.45, 7) is 4.10. The van der Waals surface area contributed by atoms with Crippen molar-refractivity contribution < 1.29 is 9.84 Å². The lowest BCUT2D eigenvalue weighted by molar-refractivity contribution is 0.373. The highest BCUT2D eigenvalue weighted by Crippen LogP contribution is 2.25. The molecule has 0 aliphatic carbocycles. The summed E-state index contributed by atoms with van der Waals surface area (Å²) in [5.41, 5.74) is 1.09. The number of methoxy groups -OCH3 is 1. The first-order chi connectivity index (χ1) is 10.3. The summed E-state index contributed by atoms with van der Waals surface area (Å²) >= 11 is 0. The summed E-state index contributed by atoms with van der Waals surface area (Å²) in [5, 5.41) is 13.1. The Balaban J connectivity index is 2.00. The molecule has 1 aromatic rings. The number of rotatable bonds is 12. The third-order valence-corrected chi connectivity index (χ3v) is 3.78. The van der Waals surface area contributed by atoms with Crippen molar-refractivity contribution in [1.29, 1.82) is 0 Å². The quantitative estimate of drug-likeness (QED) is 0.552. The van der Waals surface area contributed by atoms with Crippen molar-refractivity contribution in [3.05, 3.63) is 23.8 Å². The van der Waals surface area contributed by atoms with Gasteiger partial charge in [0.1, 0.15) is 0 Å². The van der Waals surface area contributed by atoms with E-state index >= 15 is 0 Å². The molecule has 0 heterocycles. The van der Waals surface area contributed by atoms with E-state index in [-0.39, 0.29) is 5.75 Å². The van der Waals surface area contributed by atoms with Gasteiger partial charge in [-0.15, -0.1) is 0 Å². The molecule has 0 unspecified atom stereocenters. The van der Waals surface area contributed by atoms with Gasteiger partial charge in [-0.25, -0.2) is 0 Å². The van der Waals surface area contributed by atoms with E-state index in [2.05, 4.69) is 12.2 Å². The van der Waals surface area contributed by atoms with Gasteiger partial charge in [0.2, 0.25) is 0 Å². The number of hydrogen-bond acceptors (Lipinski definition) is 3. The number of aromatic hydroxyl groups is 1. The van der Waals surface area contributed by atoms with Crippen molar-refractivity contribution in [3.8, 4) is 11.5 Å². The van der Waals surface area contributed by atoms with Crippen LogP contribution in [-0.2, 0) is 6.54 Å². The number of phenols is 1. The van der Waals surface area contributed by atoms with Crippen LogP contribution in [0, 0.1) is 0 Å². The lowest BCUT2D eigenvalue weighted by atomic mass is 10.1. The van der Waals surface area contributed by atoms with Crippen LogP contribution >= 0.6 is 0 Å². The summed E-state index contributed by atoms with van der Waals surface area (Å²) in [4.78, 5) is 0. The van der Waals surface area contributed by atoms with Crippen LogP contribution in [0.25, 0.3) is 0 Å². The van der Waals surface area contributed by atoms with Crippen molar-refractivity contribution >= 4 is 0 Å². The van der Waals surface area contributed by atoms with E-state index in [0.717, 1.165) is 18.7 Å². The Morgan fingerprint density at radius 1 is 1.00 bits per heavy atom. The second kappa shape index (κ2) is 11.4. The molecule has 0 radical (unpaired) electrons. The van der Waals surface area contributed by atoms with Gasteiger partial charge in [0.05, 0.1) is 7.11 Å². The zero-order valence-corrected chi connectivity index (χ0v) is 13.7. The maximum absolute atomic E-state index is 9.70. The van der Waals surface area contributed by atoms with Crippen LogP contribution in [0.1, 0.15) is 63.9 Å². The normalized spacial score (nSPS) is 10.8. The molecule has 3 nitrogen and oxygen atoms in total.